The van der Waals surface area contributed by atoms with Gasteiger partial charge in [0.15, 0.2) is 0 Å². The molecule has 0 spiro atoms. The first-order chi connectivity index (χ1) is 22.3. The summed E-state index contributed by atoms with van der Waals surface area (Å²) in [5.74, 6) is 0.438. The predicted octanol–water partition coefficient (Wildman–Crippen LogP) is 3.79. The summed E-state index contributed by atoms with van der Waals surface area (Å²) < 4.78 is 50.3. The number of hydrogen-bond acceptors (Lipinski definition) is 8. The number of rotatable bonds is 12. The van der Waals surface area contributed by atoms with Crippen molar-refractivity contribution in [2.24, 2.45) is 11.8 Å². The molecule has 2 aliphatic rings. The van der Waals surface area contributed by atoms with E-state index in [1.165, 1.54) is 0 Å². The highest BCUT2D eigenvalue weighted by molar-refractivity contribution is 5.92. The van der Waals surface area contributed by atoms with Crippen molar-refractivity contribution < 1.29 is 46.9 Å². The number of amides is 2. The van der Waals surface area contributed by atoms with Crippen LogP contribution in [0.5, 0.6) is 11.5 Å². The van der Waals surface area contributed by atoms with Crippen LogP contribution in [0.15, 0.2) is 24.4 Å². The van der Waals surface area contributed by atoms with Gasteiger partial charge in [0.1, 0.15) is 29.1 Å². The number of methoxy groups -OCH3 is 2. The van der Waals surface area contributed by atoms with Crippen LogP contribution in [0.1, 0.15) is 60.5 Å². The number of benzene rings is 1. The fourth-order valence-corrected chi connectivity index (χ4v) is 5.66. The molecule has 2 unspecified atom stereocenters. The number of nitrogens with zero attached hydrogens (tertiary/aromatic N) is 4. The number of carbonyl (C=O) groups is 3. The lowest BCUT2D eigenvalue weighted by molar-refractivity contribution is -0.192. The molecule has 262 valence electrons. The molecule has 2 N–H and O–H groups in total. The molecule has 2 amide bonds. The zero-order valence-corrected chi connectivity index (χ0v) is 27.6. The predicted molar refractivity (Wildman–Crippen MR) is 166 cm³/mol. The van der Waals surface area contributed by atoms with Gasteiger partial charge < -0.3 is 34.1 Å². The monoisotopic (exact) mass is 669 g/mol. The molecule has 1 fully saturated rings. The Bertz CT molecular complexity index is 1350. The highest BCUT2D eigenvalue weighted by Gasteiger charge is 2.38. The van der Waals surface area contributed by atoms with E-state index in [-0.39, 0.29) is 11.8 Å². The van der Waals surface area contributed by atoms with Crippen LogP contribution in [0.4, 0.5) is 13.2 Å². The van der Waals surface area contributed by atoms with Gasteiger partial charge in [-0.2, -0.15) is 13.2 Å². The standard InChI is InChI=1S/C30H45N5O5.C2HF3O2/c1-21-9-14-35-25(20-31-27(35)17-21)30(37)34(3)13-6-12-33(2)28(24-8-7-23(38-4)18-26(24)39-5)29(36)32-19-22-10-15-40-16-11-22;3-2(4,5)1(6)7/h7-8,18,20-22,28H,6,9-17,19H2,1-5H3,(H,32,36);(H,6,7). The van der Waals surface area contributed by atoms with Gasteiger partial charge in [0, 0.05) is 64.5 Å². The molecule has 47 heavy (non-hydrogen) atoms. The van der Waals surface area contributed by atoms with Gasteiger partial charge in [-0.05, 0) is 56.7 Å². The Labute approximate surface area is 273 Å². The smallest absolute Gasteiger partial charge is 0.490 e. The van der Waals surface area contributed by atoms with Gasteiger partial charge in [0.05, 0.1) is 20.4 Å². The number of alkyl halides is 3. The second-order valence-electron chi connectivity index (χ2n) is 12.0. The third kappa shape index (κ3) is 10.6. The van der Waals surface area contributed by atoms with Gasteiger partial charge in [-0.25, -0.2) is 9.78 Å². The van der Waals surface area contributed by atoms with Gasteiger partial charge in [0.25, 0.3) is 5.91 Å². The number of imidazole rings is 1. The maximum atomic E-state index is 13.6. The van der Waals surface area contributed by atoms with Crippen molar-refractivity contribution in [2.45, 2.75) is 57.8 Å². The molecular formula is C32H46F3N5O7. The van der Waals surface area contributed by atoms with Gasteiger partial charge in [-0.3, -0.25) is 14.5 Å². The molecule has 15 heteroatoms. The average Bonchev–Trinajstić information content (AvgIpc) is 3.46. The van der Waals surface area contributed by atoms with Crippen molar-refractivity contribution >= 4 is 17.8 Å². The van der Waals surface area contributed by atoms with E-state index in [2.05, 4.69) is 21.8 Å². The fraction of sp³-hybridized carbons (Fsp3) is 0.625. The second-order valence-corrected chi connectivity index (χ2v) is 12.0. The van der Waals surface area contributed by atoms with Crippen LogP contribution >= 0.6 is 0 Å². The van der Waals surface area contributed by atoms with E-state index in [1.807, 2.05) is 31.1 Å². The maximum Gasteiger partial charge on any atom is 0.490 e. The van der Waals surface area contributed by atoms with E-state index in [4.69, 9.17) is 24.1 Å². The Morgan fingerprint density at radius 1 is 1.13 bits per heavy atom. The average molecular weight is 670 g/mol. The molecule has 0 bridgehead atoms. The second kappa shape index (κ2) is 17.3. The number of aliphatic carboxylic acids is 1. The summed E-state index contributed by atoms with van der Waals surface area (Å²) >= 11 is 0. The van der Waals surface area contributed by atoms with Gasteiger partial charge >= 0.3 is 12.1 Å². The SMILES string of the molecule is COc1ccc(C(C(=O)NCC2CCOCC2)N(C)CCCN(C)C(=O)c2cnc3n2CCC(C)C3)c(OC)c1.O=C(O)C(F)(F)F. The van der Waals surface area contributed by atoms with E-state index in [0.717, 1.165) is 56.8 Å². The number of fused-ring (bicyclic) bond motifs is 1. The number of carboxylic acids is 1. The van der Waals surface area contributed by atoms with Crippen molar-refractivity contribution in [3.63, 3.8) is 0 Å². The Morgan fingerprint density at radius 2 is 1.81 bits per heavy atom. The third-order valence-electron chi connectivity index (χ3n) is 8.46. The first-order valence-electron chi connectivity index (χ1n) is 15.6. The number of likely N-dealkylation sites (N-methyl/N-ethyl adjacent to an activating group) is 1. The third-order valence-corrected chi connectivity index (χ3v) is 8.46. The van der Waals surface area contributed by atoms with E-state index in [0.29, 0.717) is 55.1 Å². The van der Waals surface area contributed by atoms with Crippen molar-refractivity contribution in [3.05, 3.63) is 41.5 Å². The van der Waals surface area contributed by atoms with Crippen LogP contribution in [0.2, 0.25) is 0 Å². The van der Waals surface area contributed by atoms with Crippen LogP contribution in [-0.4, -0.2) is 110 Å². The minimum atomic E-state index is -5.08. The first kappa shape index (κ1) is 37.6. The molecule has 1 aromatic heterocycles. The summed E-state index contributed by atoms with van der Waals surface area (Å²) in [7, 11) is 6.99. The molecule has 4 rings (SSSR count). The molecule has 1 aromatic carbocycles. The molecule has 1 saturated heterocycles. The number of halogens is 3. The van der Waals surface area contributed by atoms with Crippen molar-refractivity contribution in [2.75, 3.05) is 61.2 Å². The number of hydrogen-bond donors (Lipinski definition) is 2. The number of aromatic nitrogens is 2. The molecule has 0 aliphatic carbocycles. The number of nitrogens with one attached hydrogen (secondary N) is 1. The van der Waals surface area contributed by atoms with Crippen LogP contribution < -0.4 is 14.8 Å². The number of carboxylic acid groups (broad SMARTS) is 1. The highest BCUT2D eigenvalue weighted by Crippen LogP contribution is 2.33. The highest BCUT2D eigenvalue weighted by atomic mass is 19.4. The minimum absolute atomic E-state index is 0.0152. The molecule has 2 aliphatic heterocycles. The van der Waals surface area contributed by atoms with Crippen molar-refractivity contribution in [3.8, 4) is 11.5 Å². The lowest BCUT2D eigenvalue weighted by Gasteiger charge is -2.30. The summed E-state index contributed by atoms with van der Waals surface area (Å²) in [4.78, 5) is 44.0. The van der Waals surface area contributed by atoms with Crippen molar-refractivity contribution in [1.29, 1.82) is 0 Å². The van der Waals surface area contributed by atoms with Gasteiger partial charge in [-0.1, -0.05) is 6.92 Å². The van der Waals surface area contributed by atoms with Crippen molar-refractivity contribution in [1.82, 2.24) is 24.7 Å². The molecule has 2 atom stereocenters. The number of ether oxygens (including phenoxy) is 3. The van der Waals surface area contributed by atoms with Crippen LogP contribution in [0.3, 0.4) is 0 Å². The summed E-state index contributed by atoms with van der Waals surface area (Å²) in [6.07, 6.45) is 1.21. The topological polar surface area (TPSA) is 135 Å². The molecule has 0 saturated carbocycles. The summed E-state index contributed by atoms with van der Waals surface area (Å²) in [6, 6.07) is 5.00. The lowest BCUT2D eigenvalue weighted by atomic mass is 9.99. The summed E-state index contributed by atoms with van der Waals surface area (Å²) in [6.45, 7) is 6.34. The molecule has 12 nitrogen and oxygen atoms in total. The van der Waals surface area contributed by atoms with E-state index in [1.54, 1.807) is 31.4 Å². The van der Waals surface area contributed by atoms with E-state index in [9.17, 15) is 22.8 Å². The van der Waals surface area contributed by atoms with Gasteiger partial charge in [0.2, 0.25) is 5.91 Å². The minimum Gasteiger partial charge on any atom is -0.497 e. The Balaban J connectivity index is 0.000000771. The molecule has 2 aromatic rings. The van der Waals surface area contributed by atoms with E-state index < -0.39 is 18.2 Å². The Kier molecular flexibility index (Phi) is 13.9. The normalized spacial score (nSPS) is 17.2. The summed E-state index contributed by atoms with van der Waals surface area (Å²) in [5.41, 5.74) is 1.44. The van der Waals surface area contributed by atoms with Crippen LogP contribution in [0.25, 0.3) is 0 Å². The van der Waals surface area contributed by atoms with Gasteiger partial charge in [-0.15, -0.1) is 0 Å². The van der Waals surface area contributed by atoms with E-state index >= 15 is 0 Å². The van der Waals surface area contributed by atoms with Crippen LogP contribution in [-0.2, 0) is 27.3 Å². The first-order valence-corrected chi connectivity index (χ1v) is 15.6. The zero-order valence-electron chi connectivity index (χ0n) is 27.6. The quantitative estimate of drug-likeness (QED) is 0.346. The molecular weight excluding hydrogens is 623 g/mol. The Morgan fingerprint density at radius 3 is 2.43 bits per heavy atom. The summed E-state index contributed by atoms with van der Waals surface area (Å²) in [5, 5.41) is 10.3. The largest absolute Gasteiger partial charge is 0.497 e. The molecule has 0 radical (unpaired) electrons. The lowest BCUT2D eigenvalue weighted by Crippen LogP contribution is -2.42. The maximum absolute atomic E-state index is 13.6. The van der Waals surface area contributed by atoms with Crippen LogP contribution in [0, 0.1) is 11.8 Å². The Hall–Kier alpha value is -3.85. The fourth-order valence-electron chi connectivity index (χ4n) is 5.66. The molecule has 3 heterocycles. The zero-order chi connectivity index (χ0) is 34.7. The number of carbonyl (C=O) groups excluding carboxylic acids is 2.